The fraction of sp³-hybridized carbons (Fsp3) is 0.600. The second-order valence-electron chi connectivity index (χ2n) is 7.25. The molecule has 0 N–H and O–H groups in total. The lowest BCUT2D eigenvalue weighted by Crippen LogP contribution is -2.44. The van der Waals surface area contributed by atoms with E-state index in [0.29, 0.717) is 25.6 Å². The Bertz CT molecular complexity index is 797. The molecule has 0 atom stereocenters. The van der Waals surface area contributed by atoms with Gasteiger partial charge in [0.2, 0.25) is 5.91 Å². The van der Waals surface area contributed by atoms with E-state index in [9.17, 15) is 9.59 Å². The lowest BCUT2D eigenvalue weighted by Gasteiger charge is -2.33. The predicted molar refractivity (Wildman–Crippen MR) is 101 cm³/mol. The number of benzene rings is 1. The van der Waals surface area contributed by atoms with E-state index in [1.54, 1.807) is 9.13 Å². The summed E-state index contributed by atoms with van der Waals surface area (Å²) in [7, 11) is 0. The van der Waals surface area contributed by atoms with E-state index in [1.807, 2.05) is 31.2 Å². The van der Waals surface area contributed by atoms with Gasteiger partial charge in [0.15, 0.2) is 0 Å². The third kappa shape index (κ3) is 3.37. The van der Waals surface area contributed by atoms with Crippen LogP contribution in [-0.2, 0) is 17.9 Å². The van der Waals surface area contributed by atoms with E-state index in [0.717, 1.165) is 23.9 Å². The number of hydrogen-bond acceptors (Lipinski definition) is 2. The topological polar surface area (TPSA) is 47.2 Å². The van der Waals surface area contributed by atoms with Crippen molar-refractivity contribution in [3.63, 3.8) is 0 Å². The Morgan fingerprint density at radius 2 is 1.76 bits per heavy atom. The summed E-state index contributed by atoms with van der Waals surface area (Å²) >= 11 is 0. The summed E-state index contributed by atoms with van der Waals surface area (Å²) in [6.07, 6.45) is 5.03. The van der Waals surface area contributed by atoms with Gasteiger partial charge < -0.3 is 4.90 Å². The average Bonchev–Trinajstić information content (AvgIpc) is 3.19. The molecule has 136 valence electrons. The van der Waals surface area contributed by atoms with Crippen LogP contribution >= 0.6 is 0 Å². The smallest absolute Gasteiger partial charge is 0.329 e. The van der Waals surface area contributed by atoms with Crippen LogP contribution < -0.4 is 5.69 Å². The molecule has 0 bridgehead atoms. The van der Waals surface area contributed by atoms with Gasteiger partial charge in [0.25, 0.3) is 0 Å². The van der Waals surface area contributed by atoms with E-state index in [1.165, 1.54) is 12.8 Å². The maximum absolute atomic E-state index is 12.9. The van der Waals surface area contributed by atoms with Gasteiger partial charge >= 0.3 is 5.69 Å². The zero-order valence-corrected chi connectivity index (χ0v) is 15.6. The number of nitrogens with zero attached hydrogens (tertiary/aromatic N) is 3. The van der Waals surface area contributed by atoms with E-state index in [2.05, 4.69) is 18.7 Å². The van der Waals surface area contributed by atoms with Gasteiger partial charge in [0.05, 0.1) is 11.0 Å². The van der Waals surface area contributed by atoms with Gasteiger partial charge in [-0.25, -0.2) is 4.79 Å². The maximum atomic E-state index is 12.9. The fourth-order valence-corrected chi connectivity index (χ4v) is 4.23. The monoisotopic (exact) mass is 343 g/mol. The Morgan fingerprint density at radius 3 is 2.32 bits per heavy atom. The second kappa shape index (κ2) is 7.46. The minimum absolute atomic E-state index is 0.0199. The Labute approximate surface area is 149 Å². The van der Waals surface area contributed by atoms with Gasteiger partial charge in [-0.05, 0) is 45.7 Å². The number of aromatic nitrogens is 2. The molecule has 1 aliphatic carbocycles. The average molecular weight is 343 g/mol. The first-order valence-corrected chi connectivity index (χ1v) is 9.53. The van der Waals surface area contributed by atoms with Crippen LogP contribution in [0.4, 0.5) is 0 Å². The van der Waals surface area contributed by atoms with Crippen molar-refractivity contribution in [3.8, 4) is 0 Å². The molecule has 0 saturated heterocycles. The van der Waals surface area contributed by atoms with Crippen LogP contribution in [0.2, 0.25) is 0 Å². The SMILES string of the molecule is CCn1c(=O)n(CCC(=O)N(C(C)C)C2CCCC2)c2ccccc21. The number of carbonyl (C=O) groups is 1. The van der Waals surface area contributed by atoms with Crippen molar-refractivity contribution in [2.75, 3.05) is 0 Å². The highest BCUT2D eigenvalue weighted by atomic mass is 16.2. The van der Waals surface area contributed by atoms with Crippen LogP contribution in [0.15, 0.2) is 29.1 Å². The van der Waals surface area contributed by atoms with Crippen LogP contribution in [0.25, 0.3) is 11.0 Å². The first-order valence-electron chi connectivity index (χ1n) is 9.53. The number of hydrogen-bond donors (Lipinski definition) is 0. The van der Waals surface area contributed by atoms with Gasteiger partial charge in [-0.15, -0.1) is 0 Å². The fourth-order valence-electron chi connectivity index (χ4n) is 4.23. The first kappa shape index (κ1) is 17.8. The molecule has 1 aromatic carbocycles. The van der Waals surface area contributed by atoms with E-state index in [-0.39, 0.29) is 17.6 Å². The first-order chi connectivity index (χ1) is 12.0. The molecule has 1 aliphatic rings. The molecule has 5 heteroatoms. The van der Waals surface area contributed by atoms with Gasteiger partial charge in [-0.1, -0.05) is 25.0 Å². The molecule has 1 amide bonds. The highest BCUT2D eigenvalue weighted by Gasteiger charge is 2.28. The van der Waals surface area contributed by atoms with Crippen molar-refractivity contribution < 1.29 is 4.79 Å². The van der Waals surface area contributed by atoms with Gasteiger partial charge in [0.1, 0.15) is 0 Å². The molecule has 1 heterocycles. The van der Waals surface area contributed by atoms with Crippen LogP contribution in [-0.4, -0.2) is 32.0 Å². The van der Waals surface area contributed by atoms with Gasteiger partial charge in [-0.3, -0.25) is 13.9 Å². The molecule has 0 unspecified atom stereocenters. The molecule has 0 radical (unpaired) electrons. The molecular weight excluding hydrogens is 314 g/mol. The summed E-state index contributed by atoms with van der Waals surface area (Å²) in [6.45, 7) is 7.24. The highest BCUT2D eigenvalue weighted by molar-refractivity contribution is 5.78. The Balaban J connectivity index is 1.81. The van der Waals surface area contributed by atoms with Crippen molar-refractivity contribution >= 4 is 16.9 Å². The van der Waals surface area contributed by atoms with E-state index < -0.39 is 0 Å². The van der Waals surface area contributed by atoms with Crippen molar-refractivity contribution in [2.24, 2.45) is 0 Å². The Morgan fingerprint density at radius 1 is 1.16 bits per heavy atom. The van der Waals surface area contributed by atoms with Crippen LogP contribution in [0.5, 0.6) is 0 Å². The lowest BCUT2D eigenvalue weighted by molar-refractivity contribution is -0.135. The molecule has 25 heavy (non-hydrogen) atoms. The molecular formula is C20H29N3O2. The van der Waals surface area contributed by atoms with Crippen LogP contribution in [0.1, 0.15) is 52.9 Å². The van der Waals surface area contributed by atoms with Gasteiger partial charge in [-0.2, -0.15) is 0 Å². The number of amides is 1. The van der Waals surface area contributed by atoms with Crippen molar-refractivity contribution in [3.05, 3.63) is 34.7 Å². The Hall–Kier alpha value is -2.04. The molecule has 0 aliphatic heterocycles. The predicted octanol–water partition coefficient (Wildman–Crippen LogP) is 3.39. The minimum atomic E-state index is -0.0199. The third-order valence-corrected chi connectivity index (χ3v) is 5.35. The molecule has 3 rings (SSSR count). The number of fused-ring (bicyclic) bond motifs is 1. The van der Waals surface area contributed by atoms with Crippen LogP contribution in [0, 0.1) is 0 Å². The molecule has 1 fully saturated rings. The molecule has 2 aromatic rings. The number of aryl methyl sites for hydroxylation is 2. The standard InChI is InChI=1S/C20H29N3O2/c1-4-21-17-11-7-8-12-18(17)22(20(21)25)14-13-19(24)23(15(2)3)16-9-5-6-10-16/h7-8,11-12,15-16H,4-6,9-10,13-14H2,1-3H3. The van der Waals surface area contributed by atoms with E-state index in [4.69, 9.17) is 0 Å². The van der Waals surface area contributed by atoms with Crippen molar-refractivity contribution in [1.82, 2.24) is 14.0 Å². The lowest BCUT2D eigenvalue weighted by atomic mass is 10.1. The zero-order valence-electron chi connectivity index (χ0n) is 15.6. The largest absolute Gasteiger partial charge is 0.337 e. The number of carbonyl (C=O) groups excluding carboxylic acids is 1. The quantitative estimate of drug-likeness (QED) is 0.807. The molecule has 5 nitrogen and oxygen atoms in total. The van der Waals surface area contributed by atoms with Gasteiger partial charge in [0, 0.05) is 31.6 Å². The molecule has 1 aromatic heterocycles. The zero-order chi connectivity index (χ0) is 18.0. The maximum Gasteiger partial charge on any atom is 0.329 e. The summed E-state index contributed by atoms with van der Waals surface area (Å²) in [5.74, 6) is 0.169. The van der Waals surface area contributed by atoms with Crippen molar-refractivity contribution in [1.29, 1.82) is 0 Å². The van der Waals surface area contributed by atoms with E-state index >= 15 is 0 Å². The molecule has 1 saturated carbocycles. The Kier molecular flexibility index (Phi) is 5.30. The summed E-state index contributed by atoms with van der Waals surface area (Å²) in [4.78, 5) is 27.6. The summed E-state index contributed by atoms with van der Waals surface area (Å²) in [5, 5.41) is 0. The number of imidazole rings is 1. The molecule has 0 spiro atoms. The van der Waals surface area contributed by atoms with Crippen molar-refractivity contribution in [2.45, 2.75) is 78.0 Å². The summed E-state index contributed by atoms with van der Waals surface area (Å²) in [5.41, 5.74) is 1.84. The summed E-state index contributed by atoms with van der Waals surface area (Å²) in [6, 6.07) is 8.41. The normalized spacial score (nSPS) is 15.4. The third-order valence-electron chi connectivity index (χ3n) is 5.35. The second-order valence-corrected chi connectivity index (χ2v) is 7.25. The van der Waals surface area contributed by atoms with Crippen LogP contribution in [0.3, 0.4) is 0 Å². The number of para-hydroxylation sites is 2. The highest BCUT2D eigenvalue weighted by Crippen LogP contribution is 2.26. The number of rotatable bonds is 6. The minimum Gasteiger partial charge on any atom is -0.337 e. The summed E-state index contributed by atoms with van der Waals surface area (Å²) < 4.78 is 3.53.